The SMILES string of the molecule is CC(=O)NCCc1ccc(F)cc1OCCOC1CNCCC1c1ccc(OCCCOc2ccccc2)cc1. The third kappa shape index (κ3) is 9.54. The van der Waals surface area contributed by atoms with Crippen molar-refractivity contribution in [1.29, 1.82) is 0 Å². The molecule has 1 saturated heterocycles. The molecule has 2 atom stereocenters. The van der Waals surface area contributed by atoms with E-state index in [0.29, 0.717) is 45.1 Å². The van der Waals surface area contributed by atoms with Gasteiger partial charge in [0.1, 0.15) is 29.7 Å². The van der Waals surface area contributed by atoms with Crippen LogP contribution in [0.3, 0.4) is 0 Å². The highest BCUT2D eigenvalue weighted by atomic mass is 19.1. The van der Waals surface area contributed by atoms with Crippen molar-refractivity contribution in [3.05, 3.63) is 89.7 Å². The zero-order valence-electron chi connectivity index (χ0n) is 23.1. The second kappa shape index (κ2) is 15.8. The molecule has 0 radical (unpaired) electrons. The van der Waals surface area contributed by atoms with Crippen LogP contribution in [0, 0.1) is 5.82 Å². The number of amides is 1. The number of benzene rings is 3. The van der Waals surface area contributed by atoms with Crippen LogP contribution >= 0.6 is 0 Å². The molecule has 7 nitrogen and oxygen atoms in total. The number of carbonyl (C=O) groups excluding carboxylic acids is 1. The number of hydrogen-bond donors (Lipinski definition) is 2. The quantitative estimate of drug-likeness (QED) is 0.262. The van der Waals surface area contributed by atoms with Crippen molar-refractivity contribution < 1.29 is 28.1 Å². The maximum atomic E-state index is 13.8. The van der Waals surface area contributed by atoms with Gasteiger partial charge in [-0.15, -0.1) is 0 Å². The fourth-order valence-electron chi connectivity index (χ4n) is 4.75. The molecule has 8 heteroatoms. The summed E-state index contributed by atoms with van der Waals surface area (Å²) in [5.41, 5.74) is 2.07. The molecule has 1 aliphatic rings. The van der Waals surface area contributed by atoms with E-state index in [1.807, 2.05) is 42.5 Å². The van der Waals surface area contributed by atoms with Crippen molar-refractivity contribution >= 4 is 5.91 Å². The molecule has 0 saturated carbocycles. The Morgan fingerprint density at radius 2 is 1.68 bits per heavy atom. The van der Waals surface area contributed by atoms with Gasteiger partial charge in [-0.25, -0.2) is 4.39 Å². The van der Waals surface area contributed by atoms with Gasteiger partial charge in [0.15, 0.2) is 0 Å². The largest absolute Gasteiger partial charge is 0.493 e. The topological polar surface area (TPSA) is 78.1 Å². The number of para-hydroxylation sites is 1. The molecule has 0 aromatic heterocycles. The van der Waals surface area contributed by atoms with Gasteiger partial charge in [0, 0.05) is 38.4 Å². The molecule has 1 fully saturated rings. The van der Waals surface area contributed by atoms with Crippen molar-refractivity contribution in [2.24, 2.45) is 0 Å². The van der Waals surface area contributed by atoms with Crippen molar-refractivity contribution in [3.8, 4) is 17.2 Å². The lowest BCUT2D eigenvalue weighted by molar-refractivity contribution is -0.118. The van der Waals surface area contributed by atoms with E-state index in [-0.39, 0.29) is 23.7 Å². The Hall–Kier alpha value is -3.62. The summed E-state index contributed by atoms with van der Waals surface area (Å²) in [6.45, 7) is 5.52. The van der Waals surface area contributed by atoms with E-state index in [9.17, 15) is 9.18 Å². The van der Waals surface area contributed by atoms with Gasteiger partial charge in [-0.2, -0.15) is 0 Å². The second-order valence-corrected chi connectivity index (χ2v) is 9.77. The average Bonchev–Trinajstić information content (AvgIpc) is 2.97. The third-order valence-electron chi connectivity index (χ3n) is 6.77. The van der Waals surface area contributed by atoms with Crippen LogP contribution in [0.2, 0.25) is 0 Å². The summed E-state index contributed by atoms with van der Waals surface area (Å²) in [6, 6.07) is 22.5. The predicted molar refractivity (Wildman–Crippen MR) is 153 cm³/mol. The minimum absolute atomic E-state index is 0.00556. The summed E-state index contributed by atoms with van der Waals surface area (Å²) in [7, 11) is 0. The minimum Gasteiger partial charge on any atom is -0.493 e. The number of piperidine rings is 1. The summed E-state index contributed by atoms with van der Waals surface area (Å²) >= 11 is 0. The summed E-state index contributed by atoms with van der Waals surface area (Å²) in [5, 5.41) is 6.18. The van der Waals surface area contributed by atoms with Crippen LogP contribution in [0.4, 0.5) is 4.39 Å². The molecule has 40 heavy (non-hydrogen) atoms. The molecule has 1 aliphatic heterocycles. The fraction of sp³-hybridized carbons (Fsp3) is 0.406. The van der Waals surface area contributed by atoms with Gasteiger partial charge in [-0.05, 0) is 60.8 Å². The normalized spacial score (nSPS) is 16.8. The number of carbonyl (C=O) groups is 1. The first-order chi connectivity index (χ1) is 19.6. The van der Waals surface area contributed by atoms with E-state index in [1.165, 1.54) is 24.6 Å². The lowest BCUT2D eigenvalue weighted by Gasteiger charge is -2.32. The first kappa shape index (κ1) is 29.4. The van der Waals surface area contributed by atoms with E-state index in [4.69, 9.17) is 18.9 Å². The molecule has 2 unspecified atom stereocenters. The zero-order chi connectivity index (χ0) is 28.0. The Kier molecular flexibility index (Phi) is 11.6. The summed E-state index contributed by atoms with van der Waals surface area (Å²) in [4.78, 5) is 11.2. The van der Waals surface area contributed by atoms with E-state index in [1.54, 1.807) is 6.07 Å². The van der Waals surface area contributed by atoms with Crippen LogP contribution in [0.15, 0.2) is 72.8 Å². The average molecular weight is 551 g/mol. The van der Waals surface area contributed by atoms with Crippen molar-refractivity contribution in [3.63, 3.8) is 0 Å². The van der Waals surface area contributed by atoms with Crippen LogP contribution in [0.25, 0.3) is 0 Å². The summed E-state index contributed by atoms with van der Waals surface area (Å²) in [5.74, 6) is 2.00. The lowest BCUT2D eigenvalue weighted by atomic mass is 9.88. The van der Waals surface area contributed by atoms with E-state index in [2.05, 4.69) is 22.8 Å². The maximum absolute atomic E-state index is 13.8. The molecule has 3 aromatic carbocycles. The zero-order valence-corrected chi connectivity index (χ0v) is 23.1. The monoisotopic (exact) mass is 550 g/mol. The Balaban J connectivity index is 1.21. The van der Waals surface area contributed by atoms with Gasteiger partial charge in [0.25, 0.3) is 0 Å². The smallest absolute Gasteiger partial charge is 0.216 e. The molecule has 1 amide bonds. The number of rotatable bonds is 15. The summed E-state index contributed by atoms with van der Waals surface area (Å²) in [6.07, 6.45) is 2.34. The highest BCUT2D eigenvalue weighted by molar-refractivity contribution is 5.72. The standard InChI is InChI=1S/C32H39FN2O5/c1-24(36)35-17-14-26-8-11-27(33)22-31(26)39-20-21-40-32-23-34-16-15-30(32)25-9-12-29(13-10-25)38-19-5-18-37-28-6-3-2-4-7-28/h2-4,6-13,22,30,32,34H,5,14-21,23H2,1H3,(H,35,36). The molecule has 214 valence electrons. The maximum Gasteiger partial charge on any atom is 0.216 e. The van der Waals surface area contributed by atoms with Crippen LogP contribution in [-0.2, 0) is 16.0 Å². The minimum atomic E-state index is -0.358. The van der Waals surface area contributed by atoms with Gasteiger partial charge >= 0.3 is 0 Å². The molecule has 4 rings (SSSR count). The van der Waals surface area contributed by atoms with Gasteiger partial charge in [0.05, 0.1) is 25.9 Å². The Morgan fingerprint density at radius 3 is 2.42 bits per heavy atom. The van der Waals surface area contributed by atoms with E-state index >= 15 is 0 Å². The number of nitrogens with one attached hydrogen (secondary N) is 2. The molecule has 1 heterocycles. The van der Waals surface area contributed by atoms with Crippen LogP contribution in [0.5, 0.6) is 17.2 Å². The van der Waals surface area contributed by atoms with Crippen molar-refractivity contribution in [1.82, 2.24) is 10.6 Å². The van der Waals surface area contributed by atoms with Gasteiger partial charge in [0.2, 0.25) is 5.91 Å². The van der Waals surface area contributed by atoms with Crippen LogP contribution in [0.1, 0.15) is 36.8 Å². The molecular formula is C32H39FN2O5. The van der Waals surface area contributed by atoms with E-state index < -0.39 is 0 Å². The molecule has 0 aliphatic carbocycles. The summed E-state index contributed by atoms with van der Waals surface area (Å²) < 4.78 is 37.6. The Morgan fingerprint density at radius 1 is 0.925 bits per heavy atom. The molecule has 0 bridgehead atoms. The van der Waals surface area contributed by atoms with Crippen LogP contribution < -0.4 is 24.8 Å². The molecule has 2 N–H and O–H groups in total. The fourth-order valence-corrected chi connectivity index (χ4v) is 4.75. The Bertz CT molecular complexity index is 1180. The van der Waals surface area contributed by atoms with Crippen molar-refractivity contribution in [2.45, 2.75) is 38.2 Å². The van der Waals surface area contributed by atoms with Gasteiger partial charge in [-0.1, -0.05) is 36.4 Å². The predicted octanol–water partition coefficient (Wildman–Crippen LogP) is 4.89. The first-order valence-electron chi connectivity index (χ1n) is 14.0. The molecule has 0 spiro atoms. The highest BCUT2D eigenvalue weighted by Gasteiger charge is 2.27. The number of hydrogen-bond acceptors (Lipinski definition) is 6. The Labute approximate surface area is 236 Å². The molecular weight excluding hydrogens is 511 g/mol. The van der Waals surface area contributed by atoms with Gasteiger partial charge < -0.3 is 29.6 Å². The number of halogens is 1. The first-order valence-corrected chi connectivity index (χ1v) is 14.0. The number of ether oxygens (including phenoxy) is 4. The van der Waals surface area contributed by atoms with E-state index in [0.717, 1.165) is 43.0 Å². The van der Waals surface area contributed by atoms with Gasteiger partial charge in [-0.3, -0.25) is 4.79 Å². The second-order valence-electron chi connectivity index (χ2n) is 9.77. The van der Waals surface area contributed by atoms with Crippen LogP contribution in [-0.4, -0.2) is 58.1 Å². The molecule has 3 aromatic rings. The lowest BCUT2D eigenvalue weighted by Crippen LogP contribution is -2.41. The highest BCUT2D eigenvalue weighted by Crippen LogP contribution is 2.29. The third-order valence-corrected chi connectivity index (χ3v) is 6.77. The van der Waals surface area contributed by atoms with Crippen molar-refractivity contribution in [2.75, 3.05) is 46.1 Å².